The second-order valence-electron chi connectivity index (χ2n) is 8.73. The van der Waals surface area contributed by atoms with Crippen molar-refractivity contribution in [2.75, 3.05) is 36.4 Å². The van der Waals surface area contributed by atoms with Crippen molar-refractivity contribution in [1.29, 1.82) is 0 Å². The van der Waals surface area contributed by atoms with E-state index in [-0.39, 0.29) is 5.56 Å². The van der Waals surface area contributed by atoms with Crippen molar-refractivity contribution in [2.24, 2.45) is 0 Å². The third-order valence-electron chi connectivity index (χ3n) is 6.78. The molecule has 1 aliphatic rings. The average molecular weight is 458 g/mol. The molecule has 0 bridgehead atoms. The van der Waals surface area contributed by atoms with Crippen molar-refractivity contribution in [3.8, 4) is 11.3 Å². The number of aromatic nitrogens is 4. The quantitative estimate of drug-likeness (QED) is 0.434. The molecular formula is C26H31N7O. The van der Waals surface area contributed by atoms with Crippen LogP contribution >= 0.6 is 0 Å². The number of hydrogen-bond acceptors (Lipinski definition) is 6. The minimum Gasteiger partial charge on any atom is -0.369 e. The lowest BCUT2D eigenvalue weighted by atomic mass is 10.1. The van der Waals surface area contributed by atoms with Gasteiger partial charge in [-0.15, -0.1) is 0 Å². The zero-order chi connectivity index (χ0) is 23.5. The summed E-state index contributed by atoms with van der Waals surface area (Å²) in [5, 5.41) is 7.85. The predicted octanol–water partition coefficient (Wildman–Crippen LogP) is 4.14. The van der Waals surface area contributed by atoms with Crippen LogP contribution in [0.1, 0.15) is 26.7 Å². The number of benzene rings is 1. The van der Waals surface area contributed by atoms with Crippen LogP contribution in [-0.2, 0) is 0 Å². The number of anilines is 3. The molecule has 1 aromatic carbocycles. The van der Waals surface area contributed by atoms with E-state index >= 15 is 0 Å². The highest BCUT2D eigenvalue weighted by molar-refractivity contribution is 5.77. The molecule has 4 aromatic rings. The summed E-state index contributed by atoms with van der Waals surface area (Å²) in [6, 6.07) is 16.6. The van der Waals surface area contributed by atoms with Gasteiger partial charge in [-0.05, 0) is 55.3 Å². The number of aromatic amines is 1. The lowest BCUT2D eigenvalue weighted by molar-refractivity contribution is 0.175. The van der Waals surface area contributed by atoms with E-state index in [0.29, 0.717) is 11.7 Å². The van der Waals surface area contributed by atoms with Crippen LogP contribution in [0.5, 0.6) is 0 Å². The predicted molar refractivity (Wildman–Crippen MR) is 137 cm³/mol. The second-order valence-corrected chi connectivity index (χ2v) is 8.73. The molecule has 0 amide bonds. The molecule has 0 spiro atoms. The maximum atomic E-state index is 11.7. The molecule has 8 nitrogen and oxygen atoms in total. The fourth-order valence-electron chi connectivity index (χ4n) is 4.89. The fourth-order valence-corrected chi connectivity index (χ4v) is 4.89. The molecule has 2 N–H and O–H groups in total. The van der Waals surface area contributed by atoms with E-state index in [2.05, 4.69) is 68.3 Å². The number of nitrogens with zero attached hydrogens (tertiary/aromatic N) is 5. The Balaban J connectivity index is 1.30. The van der Waals surface area contributed by atoms with Gasteiger partial charge in [0.15, 0.2) is 5.65 Å². The fraction of sp³-hybridized carbons (Fsp3) is 0.346. The number of nitrogens with one attached hydrogen (secondary N) is 2. The molecule has 0 radical (unpaired) electrons. The van der Waals surface area contributed by atoms with Crippen molar-refractivity contribution in [1.82, 2.24) is 24.5 Å². The first-order valence-electron chi connectivity index (χ1n) is 12.0. The van der Waals surface area contributed by atoms with Crippen molar-refractivity contribution >= 4 is 22.7 Å². The van der Waals surface area contributed by atoms with Gasteiger partial charge in [-0.3, -0.25) is 9.69 Å². The Morgan fingerprint density at radius 2 is 1.76 bits per heavy atom. The van der Waals surface area contributed by atoms with Gasteiger partial charge in [0.05, 0.1) is 11.4 Å². The highest BCUT2D eigenvalue weighted by Crippen LogP contribution is 2.27. The van der Waals surface area contributed by atoms with Crippen LogP contribution in [0.2, 0.25) is 0 Å². The minimum atomic E-state index is -0.148. The van der Waals surface area contributed by atoms with E-state index < -0.39 is 0 Å². The van der Waals surface area contributed by atoms with E-state index in [1.807, 2.05) is 18.2 Å². The zero-order valence-corrected chi connectivity index (χ0v) is 19.7. The summed E-state index contributed by atoms with van der Waals surface area (Å²) in [5.41, 5.74) is 5.27. The molecule has 1 saturated heterocycles. The van der Waals surface area contributed by atoms with Crippen LogP contribution in [-0.4, -0.2) is 56.7 Å². The first-order valence-corrected chi connectivity index (χ1v) is 12.0. The lowest BCUT2D eigenvalue weighted by Gasteiger charge is -2.39. The molecule has 0 aliphatic carbocycles. The van der Waals surface area contributed by atoms with Crippen molar-refractivity contribution in [2.45, 2.75) is 32.7 Å². The standard InChI is InChI=1S/C26H31N7O/c1-3-21(4-2)31-13-15-32(16-14-31)22-7-5-20(6-8-22)30-23-9-10-24(33-26(23)28-18-29-33)19-11-12-27-25(34)17-19/h5-12,17-18,21,30H,3-4,13-16H2,1-2H3,(H,27,34). The molecule has 0 saturated carbocycles. The third-order valence-corrected chi connectivity index (χ3v) is 6.78. The van der Waals surface area contributed by atoms with E-state index in [9.17, 15) is 4.79 Å². The molecule has 176 valence electrons. The van der Waals surface area contributed by atoms with E-state index in [1.54, 1.807) is 16.8 Å². The van der Waals surface area contributed by atoms with Crippen LogP contribution in [0.15, 0.2) is 65.8 Å². The Kier molecular flexibility index (Phi) is 6.31. The van der Waals surface area contributed by atoms with E-state index in [0.717, 1.165) is 48.8 Å². The smallest absolute Gasteiger partial charge is 0.248 e. The van der Waals surface area contributed by atoms with Gasteiger partial charge >= 0.3 is 0 Å². The van der Waals surface area contributed by atoms with Crippen LogP contribution in [0.25, 0.3) is 16.9 Å². The Hall–Kier alpha value is -3.65. The van der Waals surface area contributed by atoms with Crippen LogP contribution < -0.4 is 15.8 Å². The van der Waals surface area contributed by atoms with Crippen molar-refractivity contribution < 1.29 is 0 Å². The van der Waals surface area contributed by atoms with Crippen LogP contribution in [0.4, 0.5) is 17.1 Å². The summed E-state index contributed by atoms with van der Waals surface area (Å²) in [7, 11) is 0. The molecular weight excluding hydrogens is 426 g/mol. The Bertz CT molecular complexity index is 1300. The number of pyridine rings is 2. The van der Waals surface area contributed by atoms with E-state index in [4.69, 9.17) is 0 Å². The maximum absolute atomic E-state index is 11.7. The first kappa shape index (κ1) is 22.2. The van der Waals surface area contributed by atoms with Crippen molar-refractivity contribution in [3.05, 3.63) is 71.4 Å². The Labute approximate surface area is 199 Å². The van der Waals surface area contributed by atoms with Gasteiger partial charge in [-0.25, -0.2) is 9.50 Å². The molecule has 34 heavy (non-hydrogen) atoms. The average Bonchev–Trinajstić information content (AvgIpc) is 3.37. The summed E-state index contributed by atoms with van der Waals surface area (Å²) in [6.07, 6.45) is 5.61. The molecule has 0 atom stereocenters. The Morgan fingerprint density at radius 3 is 2.47 bits per heavy atom. The first-order chi connectivity index (χ1) is 16.7. The van der Waals surface area contributed by atoms with Crippen LogP contribution in [0, 0.1) is 0 Å². The van der Waals surface area contributed by atoms with Gasteiger partial charge in [0, 0.05) is 61.4 Å². The molecule has 3 aromatic heterocycles. The summed E-state index contributed by atoms with van der Waals surface area (Å²) in [5.74, 6) is 0. The van der Waals surface area contributed by atoms with E-state index in [1.165, 1.54) is 24.9 Å². The third kappa shape index (κ3) is 4.41. The minimum absolute atomic E-state index is 0.148. The number of fused-ring (bicyclic) bond motifs is 1. The molecule has 1 aliphatic heterocycles. The monoisotopic (exact) mass is 457 g/mol. The molecule has 5 rings (SSSR count). The molecule has 4 heterocycles. The zero-order valence-electron chi connectivity index (χ0n) is 19.7. The van der Waals surface area contributed by atoms with Gasteiger partial charge in [-0.1, -0.05) is 13.8 Å². The largest absolute Gasteiger partial charge is 0.369 e. The topological polar surface area (TPSA) is 81.6 Å². The van der Waals surface area contributed by atoms with Gasteiger partial charge < -0.3 is 15.2 Å². The highest BCUT2D eigenvalue weighted by Gasteiger charge is 2.21. The Morgan fingerprint density at radius 1 is 1.00 bits per heavy atom. The van der Waals surface area contributed by atoms with Gasteiger partial charge in [0.25, 0.3) is 0 Å². The second kappa shape index (κ2) is 9.69. The normalized spacial score (nSPS) is 14.7. The lowest BCUT2D eigenvalue weighted by Crippen LogP contribution is -2.50. The van der Waals surface area contributed by atoms with Gasteiger partial charge in [-0.2, -0.15) is 5.10 Å². The summed E-state index contributed by atoms with van der Waals surface area (Å²) < 4.78 is 1.75. The number of H-pyrrole nitrogens is 1. The summed E-state index contributed by atoms with van der Waals surface area (Å²) >= 11 is 0. The maximum Gasteiger partial charge on any atom is 0.248 e. The molecule has 1 fully saturated rings. The number of hydrogen-bond donors (Lipinski definition) is 2. The van der Waals surface area contributed by atoms with Gasteiger partial charge in [0.1, 0.15) is 6.33 Å². The van der Waals surface area contributed by atoms with Crippen LogP contribution in [0.3, 0.4) is 0 Å². The highest BCUT2D eigenvalue weighted by atomic mass is 16.1. The number of piperazine rings is 1. The summed E-state index contributed by atoms with van der Waals surface area (Å²) in [6.45, 7) is 8.94. The van der Waals surface area contributed by atoms with Crippen molar-refractivity contribution in [3.63, 3.8) is 0 Å². The molecule has 0 unspecified atom stereocenters. The summed E-state index contributed by atoms with van der Waals surface area (Å²) in [4.78, 5) is 23.9. The number of rotatable bonds is 7. The molecule has 8 heteroatoms. The van der Waals surface area contributed by atoms with Gasteiger partial charge in [0.2, 0.25) is 5.56 Å². The SMILES string of the molecule is CCC(CC)N1CCN(c2ccc(Nc3ccc(-c4cc[nH]c(=O)c4)n4ncnc34)cc2)CC1.